The van der Waals surface area contributed by atoms with E-state index in [1.807, 2.05) is 6.07 Å². The molecule has 3 rings (SSSR count). The molecule has 3 atom stereocenters. The van der Waals surface area contributed by atoms with Crippen molar-refractivity contribution in [3.05, 3.63) is 23.8 Å². The second kappa shape index (κ2) is 7.34. The van der Waals surface area contributed by atoms with Crippen LogP contribution in [0.3, 0.4) is 0 Å². The average molecular weight is 304 g/mol. The maximum absolute atomic E-state index is 5.47. The standard InChI is InChI=1S/C18H28N2O2/c1-13(10-16-6-4-3-5-9-19-16)20-14(2)15-7-8-17-18(11-15)22-12-21-17/h7-8,11,13-14,16,19-20H,3-6,9-10,12H2,1-2H3. The summed E-state index contributed by atoms with van der Waals surface area (Å²) in [5.74, 6) is 1.72. The van der Waals surface area contributed by atoms with E-state index in [1.54, 1.807) is 0 Å². The van der Waals surface area contributed by atoms with Gasteiger partial charge in [0.15, 0.2) is 11.5 Å². The topological polar surface area (TPSA) is 42.5 Å². The van der Waals surface area contributed by atoms with Crippen molar-refractivity contribution in [1.29, 1.82) is 0 Å². The molecule has 1 fully saturated rings. The lowest BCUT2D eigenvalue weighted by molar-refractivity contribution is 0.174. The van der Waals surface area contributed by atoms with Crippen LogP contribution >= 0.6 is 0 Å². The van der Waals surface area contributed by atoms with Gasteiger partial charge in [0.25, 0.3) is 0 Å². The van der Waals surface area contributed by atoms with Gasteiger partial charge in [0.05, 0.1) is 0 Å². The molecule has 0 saturated carbocycles. The molecule has 2 aliphatic rings. The highest BCUT2D eigenvalue weighted by Gasteiger charge is 2.19. The molecule has 0 radical (unpaired) electrons. The van der Waals surface area contributed by atoms with E-state index in [0.717, 1.165) is 11.5 Å². The summed E-state index contributed by atoms with van der Waals surface area (Å²) < 4.78 is 10.8. The van der Waals surface area contributed by atoms with Crippen LogP contribution in [0.4, 0.5) is 0 Å². The minimum atomic E-state index is 0.315. The van der Waals surface area contributed by atoms with Gasteiger partial charge in [-0.3, -0.25) is 0 Å². The number of hydrogen-bond acceptors (Lipinski definition) is 4. The number of rotatable bonds is 5. The van der Waals surface area contributed by atoms with Gasteiger partial charge in [-0.2, -0.15) is 0 Å². The number of hydrogen-bond donors (Lipinski definition) is 2. The maximum Gasteiger partial charge on any atom is 0.231 e. The Bertz CT molecular complexity index is 484. The van der Waals surface area contributed by atoms with E-state index in [4.69, 9.17) is 9.47 Å². The van der Waals surface area contributed by atoms with E-state index in [9.17, 15) is 0 Å². The van der Waals surface area contributed by atoms with E-state index in [-0.39, 0.29) is 0 Å². The highest BCUT2D eigenvalue weighted by molar-refractivity contribution is 5.45. The molecule has 122 valence electrons. The largest absolute Gasteiger partial charge is 0.454 e. The Morgan fingerprint density at radius 1 is 1.18 bits per heavy atom. The molecular weight excluding hydrogens is 276 g/mol. The van der Waals surface area contributed by atoms with E-state index < -0.39 is 0 Å². The second-order valence-electron chi connectivity index (χ2n) is 6.64. The predicted molar refractivity (Wildman–Crippen MR) is 88.5 cm³/mol. The molecule has 0 amide bonds. The summed E-state index contributed by atoms with van der Waals surface area (Å²) in [6, 6.07) is 7.70. The SMILES string of the molecule is CC(CC1CCCCCN1)NC(C)c1ccc2c(c1)OCO2. The molecule has 1 saturated heterocycles. The van der Waals surface area contributed by atoms with Crippen LogP contribution in [-0.4, -0.2) is 25.4 Å². The third kappa shape index (κ3) is 3.93. The van der Waals surface area contributed by atoms with Gasteiger partial charge in [0.1, 0.15) is 0 Å². The minimum Gasteiger partial charge on any atom is -0.454 e. The monoisotopic (exact) mass is 304 g/mol. The fourth-order valence-corrected chi connectivity index (χ4v) is 3.50. The molecule has 1 aromatic carbocycles. The lowest BCUT2D eigenvalue weighted by atomic mass is 10.0. The van der Waals surface area contributed by atoms with Crippen molar-refractivity contribution in [2.45, 2.75) is 64.1 Å². The average Bonchev–Trinajstić information content (AvgIpc) is 2.83. The summed E-state index contributed by atoms with van der Waals surface area (Å²) in [4.78, 5) is 0. The normalized spacial score (nSPS) is 23.8. The van der Waals surface area contributed by atoms with Gasteiger partial charge in [-0.1, -0.05) is 18.9 Å². The Labute approximate surface area is 133 Å². The number of ether oxygens (including phenoxy) is 2. The van der Waals surface area contributed by atoms with Gasteiger partial charge in [-0.05, 0) is 57.4 Å². The molecule has 2 heterocycles. The van der Waals surface area contributed by atoms with Crippen molar-refractivity contribution in [3.8, 4) is 11.5 Å². The van der Waals surface area contributed by atoms with E-state index in [2.05, 4.69) is 36.6 Å². The summed E-state index contributed by atoms with van der Waals surface area (Å²) in [6.07, 6.45) is 6.56. The van der Waals surface area contributed by atoms with Gasteiger partial charge < -0.3 is 20.1 Å². The third-order valence-corrected chi connectivity index (χ3v) is 4.73. The van der Waals surface area contributed by atoms with Crippen molar-refractivity contribution >= 4 is 0 Å². The predicted octanol–water partition coefficient (Wildman–Crippen LogP) is 3.38. The Morgan fingerprint density at radius 2 is 2.05 bits per heavy atom. The molecule has 0 spiro atoms. The molecule has 22 heavy (non-hydrogen) atoms. The zero-order chi connectivity index (χ0) is 15.4. The fourth-order valence-electron chi connectivity index (χ4n) is 3.50. The lowest BCUT2D eigenvalue weighted by Crippen LogP contribution is -2.37. The van der Waals surface area contributed by atoms with Gasteiger partial charge >= 0.3 is 0 Å². The van der Waals surface area contributed by atoms with Crippen LogP contribution in [0.1, 0.15) is 57.6 Å². The summed E-state index contributed by atoms with van der Waals surface area (Å²) in [6.45, 7) is 6.02. The molecule has 3 unspecified atom stereocenters. The van der Waals surface area contributed by atoms with Crippen LogP contribution in [0.2, 0.25) is 0 Å². The smallest absolute Gasteiger partial charge is 0.231 e. The minimum absolute atomic E-state index is 0.315. The second-order valence-corrected chi connectivity index (χ2v) is 6.64. The van der Waals surface area contributed by atoms with Gasteiger partial charge in [0.2, 0.25) is 6.79 Å². The van der Waals surface area contributed by atoms with Gasteiger partial charge in [-0.15, -0.1) is 0 Å². The maximum atomic E-state index is 5.47. The number of benzene rings is 1. The van der Waals surface area contributed by atoms with Crippen LogP contribution in [0.5, 0.6) is 11.5 Å². The summed E-state index contributed by atoms with van der Waals surface area (Å²) in [7, 11) is 0. The number of fused-ring (bicyclic) bond motifs is 1. The van der Waals surface area contributed by atoms with Crippen molar-refractivity contribution in [1.82, 2.24) is 10.6 Å². The number of nitrogens with one attached hydrogen (secondary N) is 2. The van der Waals surface area contributed by atoms with Crippen LogP contribution in [-0.2, 0) is 0 Å². The first-order valence-corrected chi connectivity index (χ1v) is 8.61. The lowest BCUT2D eigenvalue weighted by Gasteiger charge is -2.25. The van der Waals surface area contributed by atoms with E-state index >= 15 is 0 Å². The molecule has 0 aliphatic carbocycles. The molecule has 4 heteroatoms. The Morgan fingerprint density at radius 3 is 2.95 bits per heavy atom. The Balaban J connectivity index is 1.53. The van der Waals surface area contributed by atoms with Gasteiger partial charge in [-0.25, -0.2) is 0 Å². The zero-order valence-corrected chi connectivity index (χ0v) is 13.7. The van der Waals surface area contributed by atoms with Crippen molar-refractivity contribution < 1.29 is 9.47 Å². The summed E-state index contributed by atoms with van der Waals surface area (Å²) in [5.41, 5.74) is 1.25. The highest BCUT2D eigenvalue weighted by atomic mass is 16.7. The summed E-state index contributed by atoms with van der Waals surface area (Å²) >= 11 is 0. The fraction of sp³-hybridized carbons (Fsp3) is 0.667. The zero-order valence-electron chi connectivity index (χ0n) is 13.7. The van der Waals surface area contributed by atoms with Crippen LogP contribution in [0.25, 0.3) is 0 Å². The van der Waals surface area contributed by atoms with Crippen molar-refractivity contribution in [2.75, 3.05) is 13.3 Å². The Kier molecular flexibility index (Phi) is 5.21. The Hall–Kier alpha value is -1.26. The van der Waals surface area contributed by atoms with Gasteiger partial charge in [0, 0.05) is 18.1 Å². The first kappa shape index (κ1) is 15.6. The molecule has 1 aromatic rings. The molecule has 2 N–H and O–H groups in total. The van der Waals surface area contributed by atoms with E-state index in [1.165, 1.54) is 44.2 Å². The first-order chi connectivity index (χ1) is 10.7. The molecule has 4 nitrogen and oxygen atoms in total. The van der Waals surface area contributed by atoms with Crippen LogP contribution in [0.15, 0.2) is 18.2 Å². The molecular formula is C18H28N2O2. The van der Waals surface area contributed by atoms with E-state index in [0.29, 0.717) is 24.9 Å². The molecule has 0 bridgehead atoms. The van der Waals surface area contributed by atoms with Crippen molar-refractivity contribution in [3.63, 3.8) is 0 Å². The molecule has 0 aromatic heterocycles. The van der Waals surface area contributed by atoms with Crippen molar-refractivity contribution in [2.24, 2.45) is 0 Å². The highest BCUT2D eigenvalue weighted by Crippen LogP contribution is 2.34. The van der Waals surface area contributed by atoms with Crippen LogP contribution in [0, 0.1) is 0 Å². The quantitative estimate of drug-likeness (QED) is 0.875. The summed E-state index contributed by atoms with van der Waals surface area (Å²) in [5, 5.41) is 7.40. The molecule has 2 aliphatic heterocycles. The van der Waals surface area contributed by atoms with Crippen LogP contribution < -0.4 is 20.1 Å². The first-order valence-electron chi connectivity index (χ1n) is 8.61. The third-order valence-electron chi connectivity index (χ3n) is 4.73.